The van der Waals surface area contributed by atoms with Crippen LogP contribution in [-0.2, 0) is 0 Å². The van der Waals surface area contributed by atoms with Crippen molar-refractivity contribution in [2.24, 2.45) is 0 Å². The molecule has 0 saturated heterocycles. The summed E-state index contributed by atoms with van der Waals surface area (Å²) < 4.78 is 15.8. The highest BCUT2D eigenvalue weighted by molar-refractivity contribution is 5.73. The van der Waals surface area contributed by atoms with Crippen molar-refractivity contribution in [2.45, 2.75) is 6.92 Å². The first-order chi connectivity index (χ1) is 15.2. The van der Waals surface area contributed by atoms with Gasteiger partial charge in [0.15, 0.2) is 17.2 Å². The van der Waals surface area contributed by atoms with E-state index in [4.69, 9.17) is 14.0 Å². The van der Waals surface area contributed by atoms with Gasteiger partial charge in [0, 0.05) is 6.07 Å². The van der Waals surface area contributed by atoms with Gasteiger partial charge in [-0.25, -0.2) is 0 Å². The van der Waals surface area contributed by atoms with Crippen molar-refractivity contribution in [2.75, 3.05) is 7.11 Å². The molecule has 13 nitrogen and oxygen atoms in total. The first-order valence-electron chi connectivity index (χ1n) is 8.78. The Morgan fingerprint density at radius 2 is 1.62 bits per heavy atom. The zero-order valence-corrected chi connectivity index (χ0v) is 16.6. The van der Waals surface area contributed by atoms with Crippen molar-refractivity contribution in [3.8, 4) is 17.2 Å². The first kappa shape index (κ1) is 21.9. The van der Waals surface area contributed by atoms with E-state index >= 15 is 0 Å². The van der Waals surface area contributed by atoms with Gasteiger partial charge >= 0.3 is 11.4 Å². The monoisotopic (exact) mass is 442 g/mol. The molecular formula is C19H14N4O9. The number of aryl methyl sites for hydroxylation is 1. The smallest absolute Gasteiger partial charge is 0.338 e. The highest BCUT2D eigenvalue weighted by atomic mass is 16.6. The maximum atomic E-state index is 11.3. The third-order valence-corrected chi connectivity index (χ3v) is 4.22. The second-order valence-corrected chi connectivity index (χ2v) is 6.25. The number of nitrogens with zero attached hydrogens (tertiary/aromatic N) is 4. The molecule has 164 valence electrons. The number of nitro groups is 3. The van der Waals surface area contributed by atoms with E-state index in [1.807, 2.05) is 0 Å². The van der Waals surface area contributed by atoms with Gasteiger partial charge in [0.05, 0.1) is 27.9 Å². The topological polar surface area (TPSA) is 174 Å². The van der Waals surface area contributed by atoms with Crippen LogP contribution >= 0.6 is 0 Å². The van der Waals surface area contributed by atoms with E-state index in [2.05, 4.69) is 5.16 Å². The van der Waals surface area contributed by atoms with Crippen LogP contribution in [0.4, 0.5) is 17.1 Å². The van der Waals surface area contributed by atoms with Gasteiger partial charge in [-0.05, 0) is 36.8 Å². The Bertz CT molecular complexity index is 1250. The molecule has 3 aromatic rings. The quantitative estimate of drug-likeness (QED) is 0.352. The Morgan fingerprint density at radius 3 is 2.25 bits per heavy atom. The number of hydrogen-bond acceptors (Lipinski definition) is 10. The lowest BCUT2D eigenvalue weighted by Crippen LogP contribution is -1.97. The second-order valence-electron chi connectivity index (χ2n) is 6.25. The predicted molar refractivity (Wildman–Crippen MR) is 110 cm³/mol. The number of aromatic nitrogens is 1. The molecule has 13 heteroatoms. The number of rotatable bonds is 8. The average molecular weight is 442 g/mol. The average Bonchev–Trinajstić information content (AvgIpc) is 3.13. The van der Waals surface area contributed by atoms with Gasteiger partial charge in [0.25, 0.3) is 5.69 Å². The molecule has 0 unspecified atom stereocenters. The number of hydrogen-bond donors (Lipinski definition) is 0. The molecule has 0 aliphatic rings. The summed E-state index contributed by atoms with van der Waals surface area (Å²) in [6.45, 7) is 1.45. The molecule has 2 aromatic carbocycles. The Balaban J connectivity index is 1.91. The third-order valence-electron chi connectivity index (χ3n) is 4.22. The summed E-state index contributed by atoms with van der Waals surface area (Å²) in [6, 6.07) is 7.56. The van der Waals surface area contributed by atoms with Crippen molar-refractivity contribution >= 4 is 29.2 Å². The molecule has 0 atom stereocenters. The van der Waals surface area contributed by atoms with Gasteiger partial charge < -0.3 is 14.0 Å². The SMILES string of the molecule is COc1cc(C=Cc2onc(C)c2[N+](=O)[O-])ccc1Oc1ccc([N+](=O)[O-])cc1[N+](=O)[O-]. The molecule has 0 saturated carbocycles. The fraction of sp³-hybridized carbons (Fsp3) is 0.105. The van der Waals surface area contributed by atoms with E-state index in [0.717, 1.165) is 18.2 Å². The van der Waals surface area contributed by atoms with E-state index in [9.17, 15) is 30.3 Å². The number of ether oxygens (including phenoxy) is 2. The van der Waals surface area contributed by atoms with Crippen molar-refractivity contribution in [3.63, 3.8) is 0 Å². The minimum atomic E-state index is -0.793. The molecule has 32 heavy (non-hydrogen) atoms. The molecule has 0 radical (unpaired) electrons. The Morgan fingerprint density at radius 1 is 0.906 bits per heavy atom. The number of non-ortho nitro benzene ring substituents is 1. The Labute approximate surface area is 178 Å². The highest BCUT2D eigenvalue weighted by Gasteiger charge is 2.23. The fourth-order valence-electron chi connectivity index (χ4n) is 2.72. The zero-order valence-electron chi connectivity index (χ0n) is 16.6. The number of benzene rings is 2. The van der Waals surface area contributed by atoms with E-state index in [-0.39, 0.29) is 34.4 Å². The fourth-order valence-corrected chi connectivity index (χ4v) is 2.72. The molecular weight excluding hydrogens is 428 g/mol. The first-order valence-corrected chi connectivity index (χ1v) is 8.78. The van der Waals surface area contributed by atoms with Crippen LogP contribution in [0.3, 0.4) is 0 Å². The molecule has 0 bridgehead atoms. The lowest BCUT2D eigenvalue weighted by Gasteiger charge is -2.11. The largest absolute Gasteiger partial charge is 0.493 e. The molecule has 1 heterocycles. The maximum Gasteiger partial charge on any atom is 0.338 e. The standard InChI is InChI=1S/C19H14N4O9/c1-11-19(23(28)29)17(32-20-11)7-4-12-3-6-16(18(9-12)30-2)31-15-8-5-13(21(24)25)10-14(15)22(26)27/h3-10H,1-2H3. The van der Waals surface area contributed by atoms with E-state index in [1.54, 1.807) is 6.07 Å². The summed E-state index contributed by atoms with van der Waals surface area (Å²) in [5, 5.41) is 36.9. The molecule has 0 amide bonds. The van der Waals surface area contributed by atoms with Gasteiger partial charge in [-0.1, -0.05) is 17.3 Å². The molecule has 3 rings (SSSR count). The van der Waals surface area contributed by atoms with E-state index in [0.29, 0.717) is 5.56 Å². The third kappa shape index (κ3) is 4.51. The van der Waals surface area contributed by atoms with E-state index < -0.39 is 26.1 Å². The second kappa shape index (κ2) is 8.91. The van der Waals surface area contributed by atoms with Gasteiger partial charge in [-0.2, -0.15) is 0 Å². The Kier molecular flexibility index (Phi) is 6.09. The van der Waals surface area contributed by atoms with Crippen molar-refractivity contribution < 1.29 is 28.8 Å². The van der Waals surface area contributed by atoms with Crippen LogP contribution in [0.2, 0.25) is 0 Å². The van der Waals surface area contributed by atoms with Crippen LogP contribution in [0.25, 0.3) is 12.2 Å². The molecule has 0 aliphatic carbocycles. The molecule has 1 aromatic heterocycles. The highest BCUT2D eigenvalue weighted by Crippen LogP contribution is 2.38. The predicted octanol–water partition coefficient (Wildman–Crippen LogP) is 4.68. The van der Waals surface area contributed by atoms with Crippen molar-refractivity contribution in [1.82, 2.24) is 5.16 Å². The minimum Gasteiger partial charge on any atom is -0.493 e. The van der Waals surface area contributed by atoms with E-state index in [1.165, 1.54) is 38.3 Å². The van der Waals surface area contributed by atoms with Gasteiger partial charge in [0.1, 0.15) is 0 Å². The van der Waals surface area contributed by atoms with Gasteiger partial charge in [-0.15, -0.1) is 0 Å². The molecule has 0 fully saturated rings. The Hall–Kier alpha value is -4.81. The van der Waals surface area contributed by atoms with Crippen LogP contribution in [0.5, 0.6) is 17.2 Å². The lowest BCUT2D eigenvalue weighted by atomic mass is 10.1. The van der Waals surface area contributed by atoms with Crippen LogP contribution in [-0.4, -0.2) is 27.0 Å². The summed E-state index contributed by atoms with van der Waals surface area (Å²) in [5.41, 5.74) is -0.596. The van der Waals surface area contributed by atoms with Gasteiger partial charge in [-0.3, -0.25) is 30.3 Å². The van der Waals surface area contributed by atoms with Crippen LogP contribution in [0.15, 0.2) is 40.9 Å². The molecule has 0 spiro atoms. The zero-order chi connectivity index (χ0) is 23.4. The summed E-state index contributed by atoms with van der Waals surface area (Å²) in [4.78, 5) is 31.1. The van der Waals surface area contributed by atoms with Crippen LogP contribution < -0.4 is 9.47 Å². The normalized spacial score (nSPS) is 10.8. The summed E-state index contributed by atoms with van der Waals surface area (Å²) in [6.07, 6.45) is 2.89. The van der Waals surface area contributed by atoms with Crippen molar-refractivity contribution in [3.05, 3.63) is 83.8 Å². The number of methoxy groups -OCH3 is 1. The van der Waals surface area contributed by atoms with Gasteiger partial charge in [0.2, 0.25) is 11.5 Å². The summed E-state index contributed by atoms with van der Waals surface area (Å²) >= 11 is 0. The lowest BCUT2D eigenvalue weighted by molar-refractivity contribution is -0.394. The molecule has 0 N–H and O–H groups in total. The van der Waals surface area contributed by atoms with Crippen LogP contribution in [0.1, 0.15) is 17.0 Å². The maximum absolute atomic E-state index is 11.3. The summed E-state index contributed by atoms with van der Waals surface area (Å²) in [5.74, 6) is 0.0643. The minimum absolute atomic E-state index is 0.0340. The number of nitro benzene ring substituents is 2. The van der Waals surface area contributed by atoms with Crippen molar-refractivity contribution in [1.29, 1.82) is 0 Å². The summed E-state index contributed by atoms with van der Waals surface area (Å²) in [7, 11) is 1.35. The molecule has 0 aliphatic heterocycles. The van der Waals surface area contributed by atoms with Crippen LogP contribution in [0, 0.1) is 37.3 Å².